The number of hydrazone groups is 1. The number of nitrogens with zero attached hydrogens (tertiary/aromatic N) is 1. The maximum Gasteiger partial charge on any atom is 0.284 e. The highest BCUT2D eigenvalue weighted by Crippen LogP contribution is 2.32. The number of carbonyl (C=O) groups excluding carboxylic acids is 1. The van der Waals surface area contributed by atoms with Gasteiger partial charge in [0.25, 0.3) is 5.91 Å². The van der Waals surface area contributed by atoms with Gasteiger partial charge >= 0.3 is 0 Å². The predicted octanol–water partition coefficient (Wildman–Crippen LogP) is 4.54. The third kappa shape index (κ3) is 3.98. The molecule has 28 heavy (non-hydrogen) atoms. The lowest BCUT2D eigenvalue weighted by atomic mass is 10.2. The van der Waals surface area contributed by atoms with Crippen LogP contribution in [-0.4, -0.2) is 24.8 Å². The Morgan fingerprint density at radius 2 is 1.93 bits per heavy atom. The minimum atomic E-state index is -0.785. The number of rotatable bonds is 4. The van der Waals surface area contributed by atoms with Crippen LogP contribution in [0.25, 0.3) is 11.3 Å². The molecule has 0 aliphatic carbocycles. The summed E-state index contributed by atoms with van der Waals surface area (Å²) in [6.45, 7) is 0.109. The summed E-state index contributed by atoms with van der Waals surface area (Å²) in [5.41, 5.74) is 3.13. The van der Waals surface area contributed by atoms with E-state index in [1.165, 1.54) is 6.21 Å². The van der Waals surface area contributed by atoms with E-state index in [1.54, 1.807) is 42.5 Å². The van der Waals surface area contributed by atoms with Crippen molar-refractivity contribution < 1.29 is 18.7 Å². The van der Waals surface area contributed by atoms with Crippen molar-refractivity contribution in [2.24, 2.45) is 5.10 Å². The third-order valence-corrected chi connectivity index (χ3v) is 4.54. The van der Waals surface area contributed by atoms with E-state index in [-0.39, 0.29) is 6.61 Å². The normalized spacial score (nSPS) is 15.6. The van der Waals surface area contributed by atoms with Gasteiger partial charge in [0.1, 0.15) is 18.1 Å². The molecule has 142 valence electrons. The van der Waals surface area contributed by atoms with Crippen molar-refractivity contribution in [2.45, 2.75) is 6.10 Å². The van der Waals surface area contributed by atoms with Gasteiger partial charge in [0.05, 0.1) is 11.2 Å². The monoisotopic (exact) mass is 416 g/mol. The average Bonchev–Trinajstić information content (AvgIpc) is 3.16. The lowest BCUT2D eigenvalue weighted by Crippen LogP contribution is -2.42. The summed E-state index contributed by atoms with van der Waals surface area (Å²) in [5, 5.41) is 4.93. The minimum absolute atomic E-state index is 0.109. The molecule has 1 aliphatic rings. The Labute approximate surface area is 170 Å². The van der Waals surface area contributed by atoms with E-state index in [0.717, 1.165) is 0 Å². The maximum absolute atomic E-state index is 12.2. The summed E-state index contributed by atoms with van der Waals surface area (Å²) in [5.74, 6) is 1.73. The van der Waals surface area contributed by atoms with Gasteiger partial charge in [-0.25, -0.2) is 5.43 Å². The molecule has 0 bridgehead atoms. The highest BCUT2D eigenvalue weighted by atomic mass is 35.5. The number of hydrogen-bond acceptors (Lipinski definition) is 5. The van der Waals surface area contributed by atoms with Gasteiger partial charge in [0, 0.05) is 10.6 Å². The molecule has 1 atom stereocenters. The van der Waals surface area contributed by atoms with Crippen molar-refractivity contribution in [1.29, 1.82) is 0 Å². The summed E-state index contributed by atoms with van der Waals surface area (Å²) in [6, 6.07) is 15.8. The second-order valence-electron chi connectivity index (χ2n) is 5.92. The second kappa shape index (κ2) is 7.96. The molecule has 1 aromatic heterocycles. The van der Waals surface area contributed by atoms with Gasteiger partial charge in [0.15, 0.2) is 11.5 Å². The van der Waals surface area contributed by atoms with E-state index in [0.29, 0.717) is 38.6 Å². The molecule has 1 N–H and O–H groups in total. The van der Waals surface area contributed by atoms with Gasteiger partial charge in [-0.3, -0.25) is 4.79 Å². The Morgan fingerprint density at radius 1 is 1.11 bits per heavy atom. The van der Waals surface area contributed by atoms with Crippen LogP contribution in [0, 0.1) is 0 Å². The molecule has 2 heterocycles. The summed E-state index contributed by atoms with van der Waals surface area (Å²) >= 11 is 12.1. The molecule has 8 heteroatoms. The zero-order valence-electron chi connectivity index (χ0n) is 14.4. The Morgan fingerprint density at radius 3 is 2.75 bits per heavy atom. The number of nitrogens with one attached hydrogen (secondary N) is 1. The standard InChI is InChI=1S/C20H14Cl2N2O4/c21-12-5-7-14(15(22)9-12)16-8-6-13(27-16)10-23-24-20(25)19-11-26-17-3-1-2-4-18(17)28-19/h1-10,19H,11H2,(H,24,25)/b23-10+/t19-/m1/s1. The Bertz CT molecular complexity index is 1050. The quantitative estimate of drug-likeness (QED) is 0.500. The molecule has 3 aromatic rings. The maximum atomic E-state index is 12.2. The third-order valence-electron chi connectivity index (χ3n) is 3.99. The van der Waals surface area contributed by atoms with Crippen LogP contribution in [0.4, 0.5) is 0 Å². The van der Waals surface area contributed by atoms with Crippen molar-refractivity contribution in [1.82, 2.24) is 5.43 Å². The lowest BCUT2D eigenvalue weighted by Gasteiger charge is -2.24. The minimum Gasteiger partial charge on any atom is -0.485 e. The fraction of sp³-hybridized carbons (Fsp3) is 0.100. The first-order valence-electron chi connectivity index (χ1n) is 8.37. The van der Waals surface area contributed by atoms with Gasteiger partial charge in [-0.05, 0) is 42.5 Å². The van der Waals surface area contributed by atoms with Crippen molar-refractivity contribution in [3.8, 4) is 22.8 Å². The Kier molecular flexibility index (Phi) is 5.23. The van der Waals surface area contributed by atoms with E-state index in [9.17, 15) is 4.79 Å². The molecule has 6 nitrogen and oxygen atoms in total. The molecule has 1 amide bonds. The first-order chi connectivity index (χ1) is 13.6. The highest BCUT2D eigenvalue weighted by Gasteiger charge is 2.27. The van der Waals surface area contributed by atoms with Crippen LogP contribution in [-0.2, 0) is 4.79 Å². The molecule has 4 rings (SSSR count). The molecule has 0 saturated carbocycles. The Balaban J connectivity index is 1.38. The number of furan rings is 1. The van der Waals surface area contributed by atoms with Crippen LogP contribution in [0.15, 0.2) is 64.1 Å². The van der Waals surface area contributed by atoms with E-state index in [1.807, 2.05) is 12.1 Å². The number of ether oxygens (including phenoxy) is 2. The highest BCUT2D eigenvalue weighted by molar-refractivity contribution is 6.36. The molecule has 0 saturated heterocycles. The zero-order chi connectivity index (χ0) is 19.5. The van der Waals surface area contributed by atoms with Gasteiger partial charge in [-0.2, -0.15) is 5.10 Å². The summed E-state index contributed by atoms with van der Waals surface area (Å²) in [6.07, 6.45) is 0.607. The Hall–Kier alpha value is -2.96. The molecule has 1 aliphatic heterocycles. The predicted molar refractivity (Wildman–Crippen MR) is 106 cm³/mol. The number of carbonyl (C=O) groups is 1. The van der Waals surface area contributed by atoms with Crippen LogP contribution in [0.1, 0.15) is 5.76 Å². The number of para-hydroxylation sites is 2. The smallest absolute Gasteiger partial charge is 0.284 e. The van der Waals surface area contributed by atoms with E-state index < -0.39 is 12.0 Å². The number of fused-ring (bicyclic) bond motifs is 1. The van der Waals surface area contributed by atoms with E-state index in [2.05, 4.69) is 10.5 Å². The molecular weight excluding hydrogens is 403 g/mol. The van der Waals surface area contributed by atoms with Crippen LogP contribution in [0.5, 0.6) is 11.5 Å². The SMILES string of the molecule is O=C(N/N=C/c1ccc(-c2ccc(Cl)cc2Cl)o1)[C@H]1COc2ccccc2O1. The summed E-state index contributed by atoms with van der Waals surface area (Å²) < 4.78 is 16.8. The van der Waals surface area contributed by atoms with Crippen LogP contribution >= 0.6 is 23.2 Å². The lowest BCUT2D eigenvalue weighted by molar-refractivity contribution is -0.130. The van der Waals surface area contributed by atoms with Crippen LogP contribution < -0.4 is 14.9 Å². The summed E-state index contributed by atoms with van der Waals surface area (Å²) in [4.78, 5) is 12.2. The largest absolute Gasteiger partial charge is 0.485 e. The van der Waals surface area contributed by atoms with Crippen LogP contribution in [0.2, 0.25) is 10.0 Å². The zero-order valence-corrected chi connectivity index (χ0v) is 15.9. The van der Waals surface area contributed by atoms with Crippen molar-refractivity contribution in [2.75, 3.05) is 6.61 Å². The fourth-order valence-electron chi connectivity index (χ4n) is 2.64. The summed E-state index contributed by atoms with van der Waals surface area (Å²) in [7, 11) is 0. The molecular formula is C20H14Cl2N2O4. The van der Waals surface area contributed by atoms with E-state index in [4.69, 9.17) is 37.1 Å². The van der Waals surface area contributed by atoms with E-state index >= 15 is 0 Å². The first kappa shape index (κ1) is 18.4. The molecule has 0 radical (unpaired) electrons. The van der Waals surface area contributed by atoms with Crippen LogP contribution in [0.3, 0.4) is 0 Å². The number of amides is 1. The van der Waals surface area contributed by atoms with Gasteiger partial charge in [-0.15, -0.1) is 0 Å². The van der Waals surface area contributed by atoms with Gasteiger partial charge in [-0.1, -0.05) is 35.3 Å². The number of hydrogen-bond donors (Lipinski definition) is 1. The van der Waals surface area contributed by atoms with Gasteiger partial charge < -0.3 is 13.9 Å². The molecule has 0 unspecified atom stereocenters. The topological polar surface area (TPSA) is 73.1 Å². The molecule has 0 fully saturated rings. The first-order valence-corrected chi connectivity index (χ1v) is 9.12. The van der Waals surface area contributed by atoms with Crippen molar-refractivity contribution in [3.05, 3.63) is 70.4 Å². The average molecular weight is 417 g/mol. The van der Waals surface area contributed by atoms with Crippen molar-refractivity contribution >= 4 is 35.3 Å². The number of halogens is 2. The second-order valence-corrected chi connectivity index (χ2v) is 6.77. The number of benzene rings is 2. The molecule has 0 spiro atoms. The molecule has 2 aromatic carbocycles. The van der Waals surface area contributed by atoms with Gasteiger partial charge in [0.2, 0.25) is 6.10 Å². The fourth-order valence-corrected chi connectivity index (χ4v) is 3.14. The van der Waals surface area contributed by atoms with Crippen molar-refractivity contribution in [3.63, 3.8) is 0 Å².